The molecule has 0 aliphatic carbocycles. The highest BCUT2D eigenvalue weighted by Crippen LogP contribution is 2.21. The number of nitrogens with zero attached hydrogens (tertiary/aromatic N) is 1. The monoisotopic (exact) mass is 313 g/mol. The maximum Gasteiger partial charge on any atom is 0.416 e. The van der Waals surface area contributed by atoms with E-state index in [2.05, 4.69) is 0 Å². The van der Waals surface area contributed by atoms with Gasteiger partial charge in [0.05, 0.1) is 6.04 Å². The quantitative estimate of drug-likeness (QED) is 0.836. The van der Waals surface area contributed by atoms with Crippen LogP contribution in [0.15, 0.2) is 42.2 Å². The summed E-state index contributed by atoms with van der Waals surface area (Å²) in [5.74, 6) is -2.36. The van der Waals surface area contributed by atoms with E-state index in [4.69, 9.17) is 4.74 Å². The van der Waals surface area contributed by atoms with Crippen molar-refractivity contribution in [1.82, 2.24) is 4.90 Å². The average Bonchev–Trinajstić information content (AvgIpc) is 2.86. The van der Waals surface area contributed by atoms with E-state index in [1.165, 1.54) is 0 Å². The fourth-order valence-electron chi connectivity index (χ4n) is 2.23. The molecule has 0 spiro atoms. The standard InChI is InChI=1S/C15H14F3NO3/c16-12(14(17)18)6-7-13(20)19-11(9-22-15(19)21)8-10-4-2-1-3-5-10/h1-5,11H,6-9H2/t11-/m0/s1. The van der Waals surface area contributed by atoms with Crippen LogP contribution in [0.3, 0.4) is 0 Å². The molecule has 0 radical (unpaired) electrons. The number of allylic oxidation sites excluding steroid dienone is 1. The molecule has 1 aromatic carbocycles. The number of amides is 2. The van der Waals surface area contributed by atoms with Gasteiger partial charge in [0.15, 0.2) is 5.83 Å². The van der Waals surface area contributed by atoms with Crippen LogP contribution in [0.25, 0.3) is 0 Å². The molecule has 0 N–H and O–H groups in total. The molecular weight excluding hydrogens is 299 g/mol. The number of benzene rings is 1. The highest BCUT2D eigenvalue weighted by molar-refractivity contribution is 5.93. The van der Waals surface area contributed by atoms with Crippen LogP contribution in [-0.4, -0.2) is 29.5 Å². The second kappa shape index (κ2) is 7.11. The highest BCUT2D eigenvalue weighted by atomic mass is 19.3. The molecule has 1 aromatic rings. The molecule has 1 heterocycles. The van der Waals surface area contributed by atoms with Crippen molar-refractivity contribution < 1.29 is 27.5 Å². The van der Waals surface area contributed by atoms with Gasteiger partial charge in [-0.15, -0.1) is 0 Å². The lowest BCUT2D eigenvalue weighted by molar-refractivity contribution is -0.129. The first-order valence-corrected chi connectivity index (χ1v) is 6.71. The van der Waals surface area contributed by atoms with E-state index >= 15 is 0 Å². The van der Waals surface area contributed by atoms with Gasteiger partial charge in [0.25, 0.3) is 0 Å². The Bertz CT molecular complexity index is 585. The maximum absolute atomic E-state index is 12.8. The number of imide groups is 1. The van der Waals surface area contributed by atoms with E-state index < -0.39 is 42.8 Å². The number of cyclic esters (lactones) is 1. The molecular formula is C15H14F3NO3. The summed E-state index contributed by atoms with van der Waals surface area (Å²) in [6, 6.07) is 8.65. The van der Waals surface area contributed by atoms with Crippen LogP contribution in [0, 0.1) is 0 Å². The normalized spacial score (nSPS) is 17.3. The van der Waals surface area contributed by atoms with E-state index in [0.717, 1.165) is 10.5 Å². The predicted molar refractivity (Wildman–Crippen MR) is 71.7 cm³/mol. The zero-order chi connectivity index (χ0) is 16.1. The van der Waals surface area contributed by atoms with Crippen LogP contribution in [-0.2, 0) is 16.0 Å². The molecule has 0 saturated carbocycles. The molecule has 0 bridgehead atoms. The van der Waals surface area contributed by atoms with Gasteiger partial charge in [-0.25, -0.2) is 14.1 Å². The van der Waals surface area contributed by atoms with E-state index in [-0.39, 0.29) is 6.61 Å². The predicted octanol–water partition coefficient (Wildman–Crippen LogP) is 3.43. The Labute approximate surface area is 125 Å². The summed E-state index contributed by atoms with van der Waals surface area (Å²) in [5, 5.41) is 0. The third-order valence-electron chi connectivity index (χ3n) is 3.31. The van der Waals surface area contributed by atoms with Crippen molar-refractivity contribution in [2.45, 2.75) is 25.3 Å². The third kappa shape index (κ3) is 3.87. The third-order valence-corrected chi connectivity index (χ3v) is 3.31. The van der Waals surface area contributed by atoms with Gasteiger partial charge >= 0.3 is 12.2 Å². The number of carbonyl (C=O) groups excluding carboxylic acids is 2. The Hall–Kier alpha value is -2.31. The van der Waals surface area contributed by atoms with Gasteiger partial charge in [0.1, 0.15) is 6.61 Å². The first-order chi connectivity index (χ1) is 10.5. The summed E-state index contributed by atoms with van der Waals surface area (Å²) in [5.41, 5.74) is 0.907. The number of ether oxygens (including phenoxy) is 1. The number of hydrogen-bond acceptors (Lipinski definition) is 3. The number of rotatable bonds is 5. The summed E-state index contributed by atoms with van der Waals surface area (Å²) >= 11 is 0. The second-order valence-corrected chi connectivity index (χ2v) is 4.85. The van der Waals surface area contributed by atoms with Crippen molar-refractivity contribution in [2.24, 2.45) is 0 Å². The van der Waals surface area contributed by atoms with E-state index in [1.807, 2.05) is 30.3 Å². The first-order valence-electron chi connectivity index (χ1n) is 6.71. The summed E-state index contributed by atoms with van der Waals surface area (Å²) in [6.45, 7) is 0.0370. The van der Waals surface area contributed by atoms with Crippen LogP contribution in [0.2, 0.25) is 0 Å². The molecule has 1 atom stereocenters. The summed E-state index contributed by atoms with van der Waals surface area (Å²) in [4.78, 5) is 24.5. The average molecular weight is 313 g/mol. The second-order valence-electron chi connectivity index (χ2n) is 4.85. The lowest BCUT2D eigenvalue weighted by atomic mass is 10.1. The Kier molecular flexibility index (Phi) is 5.19. The fraction of sp³-hybridized carbons (Fsp3) is 0.333. The summed E-state index contributed by atoms with van der Waals surface area (Å²) in [6.07, 6.45) is -4.12. The van der Waals surface area contributed by atoms with Crippen molar-refractivity contribution in [2.75, 3.05) is 6.61 Å². The van der Waals surface area contributed by atoms with Crippen molar-refractivity contribution in [3.63, 3.8) is 0 Å². The highest BCUT2D eigenvalue weighted by Gasteiger charge is 2.37. The molecule has 0 unspecified atom stereocenters. The zero-order valence-electron chi connectivity index (χ0n) is 11.6. The minimum atomic E-state index is -2.45. The fourth-order valence-corrected chi connectivity index (χ4v) is 2.23. The molecule has 7 heteroatoms. The van der Waals surface area contributed by atoms with Crippen LogP contribution >= 0.6 is 0 Å². The van der Waals surface area contributed by atoms with Gasteiger partial charge < -0.3 is 4.74 Å². The molecule has 22 heavy (non-hydrogen) atoms. The lowest BCUT2D eigenvalue weighted by Crippen LogP contribution is -2.40. The van der Waals surface area contributed by atoms with Crippen LogP contribution in [0.4, 0.5) is 18.0 Å². The molecule has 4 nitrogen and oxygen atoms in total. The minimum Gasteiger partial charge on any atom is -0.447 e. The molecule has 1 aliphatic heterocycles. The minimum absolute atomic E-state index is 0.0370. The molecule has 118 valence electrons. The van der Waals surface area contributed by atoms with E-state index in [0.29, 0.717) is 6.42 Å². The van der Waals surface area contributed by atoms with Gasteiger partial charge in [-0.2, -0.15) is 8.78 Å². The van der Waals surface area contributed by atoms with Crippen molar-refractivity contribution in [3.05, 3.63) is 47.8 Å². The van der Waals surface area contributed by atoms with Gasteiger partial charge in [-0.3, -0.25) is 4.79 Å². The number of carbonyl (C=O) groups is 2. The lowest BCUT2D eigenvalue weighted by Gasteiger charge is -2.19. The first kappa shape index (κ1) is 16.1. The van der Waals surface area contributed by atoms with Crippen molar-refractivity contribution in [1.29, 1.82) is 0 Å². The molecule has 1 aliphatic rings. The van der Waals surface area contributed by atoms with E-state index in [9.17, 15) is 22.8 Å². The molecule has 0 aromatic heterocycles. The van der Waals surface area contributed by atoms with Crippen LogP contribution in [0.1, 0.15) is 18.4 Å². The van der Waals surface area contributed by atoms with Gasteiger partial charge in [0, 0.05) is 12.8 Å². The molecule has 1 saturated heterocycles. The van der Waals surface area contributed by atoms with E-state index in [1.54, 1.807) is 0 Å². The Morgan fingerprint density at radius 2 is 1.86 bits per heavy atom. The van der Waals surface area contributed by atoms with Crippen LogP contribution < -0.4 is 0 Å². The molecule has 1 fully saturated rings. The molecule has 2 amide bonds. The summed E-state index contributed by atoms with van der Waals surface area (Å²) < 4.78 is 41.6. The molecule has 2 rings (SSSR count). The SMILES string of the molecule is O=C(CCC(F)=C(F)F)N1C(=O)OC[C@@H]1Cc1ccccc1. The maximum atomic E-state index is 12.8. The van der Waals surface area contributed by atoms with Gasteiger partial charge in [0.2, 0.25) is 5.91 Å². The summed E-state index contributed by atoms with van der Waals surface area (Å²) in [7, 11) is 0. The van der Waals surface area contributed by atoms with Gasteiger partial charge in [-0.05, 0) is 12.0 Å². The zero-order valence-corrected chi connectivity index (χ0v) is 11.6. The van der Waals surface area contributed by atoms with Gasteiger partial charge in [-0.1, -0.05) is 30.3 Å². The topological polar surface area (TPSA) is 46.6 Å². The van der Waals surface area contributed by atoms with Crippen molar-refractivity contribution >= 4 is 12.0 Å². The van der Waals surface area contributed by atoms with Crippen molar-refractivity contribution in [3.8, 4) is 0 Å². The largest absolute Gasteiger partial charge is 0.447 e. The Morgan fingerprint density at radius 1 is 1.18 bits per heavy atom. The smallest absolute Gasteiger partial charge is 0.416 e. The number of halogens is 3. The Balaban J connectivity index is 2.01. The number of hydrogen-bond donors (Lipinski definition) is 0. The van der Waals surface area contributed by atoms with Crippen LogP contribution in [0.5, 0.6) is 0 Å². The Morgan fingerprint density at radius 3 is 2.50 bits per heavy atom.